The molecule has 0 bridgehead atoms. The summed E-state index contributed by atoms with van der Waals surface area (Å²) in [5.41, 5.74) is 9.10. The predicted molar refractivity (Wildman–Crippen MR) is 63.1 cm³/mol. The molecule has 0 radical (unpaired) electrons. The average Bonchev–Trinajstić information content (AvgIpc) is 2.34. The number of nitrogens with zero attached hydrogens (tertiary/aromatic N) is 3. The van der Waals surface area contributed by atoms with Crippen LogP contribution in [-0.2, 0) is 0 Å². The minimum absolute atomic E-state index is 0.135. The molecule has 0 aromatic heterocycles. The molecule has 0 spiro atoms. The van der Waals surface area contributed by atoms with Gasteiger partial charge in [0, 0.05) is 4.91 Å². The maximum absolute atomic E-state index is 10.8. The van der Waals surface area contributed by atoms with E-state index in [0.717, 1.165) is 0 Å². The molecule has 96 valence electrons. The number of carbonyl (C=O) groups is 1. The molecule has 0 aliphatic carbocycles. The van der Waals surface area contributed by atoms with Gasteiger partial charge < -0.3 is 15.3 Å². The molecule has 7 heteroatoms. The van der Waals surface area contributed by atoms with Crippen LogP contribution in [-0.4, -0.2) is 33.9 Å². The monoisotopic (exact) mass is 251 g/mol. The van der Waals surface area contributed by atoms with E-state index in [1.165, 1.54) is 18.2 Å². The first-order chi connectivity index (χ1) is 8.47. The fraction of sp³-hybridized carbons (Fsp3) is 0.364. The van der Waals surface area contributed by atoms with Gasteiger partial charge in [0.05, 0.1) is 18.2 Å². The zero-order chi connectivity index (χ0) is 13.7. The van der Waals surface area contributed by atoms with E-state index in [1.807, 2.05) is 0 Å². The molecule has 0 aliphatic heterocycles. The second kappa shape index (κ2) is 6.02. The first-order valence-electron chi connectivity index (χ1n) is 5.18. The number of hydrogen-bond acceptors (Lipinski definition) is 4. The van der Waals surface area contributed by atoms with Crippen molar-refractivity contribution >= 4 is 5.97 Å². The Morgan fingerprint density at radius 2 is 2.17 bits per heavy atom. The number of hydrogen-bond donors (Lipinski definition) is 3. The first kappa shape index (κ1) is 14.0. The molecule has 0 amide bonds. The molecule has 18 heavy (non-hydrogen) atoms. The lowest BCUT2D eigenvalue weighted by molar-refractivity contribution is 0.0243. The Morgan fingerprint density at radius 3 is 2.67 bits per heavy atom. The van der Waals surface area contributed by atoms with Crippen molar-refractivity contribution in [3.05, 3.63) is 45.3 Å². The van der Waals surface area contributed by atoms with Crippen molar-refractivity contribution < 1.29 is 20.1 Å². The number of aromatic carboxylic acids is 1. The van der Waals surface area contributed by atoms with Crippen LogP contribution in [0.1, 0.15) is 27.6 Å². The van der Waals surface area contributed by atoms with E-state index >= 15 is 0 Å². The smallest absolute Gasteiger partial charge is 0.335 e. The van der Waals surface area contributed by atoms with Crippen molar-refractivity contribution in [2.24, 2.45) is 5.11 Å². The molecule has 0 fully saturated rings. The van der Waals surface area contributed by atoms with Gasteiger partial charge in [-0.25, -0.2) is 4.79 Å². The minimum Gasteiger partial charge on any atom is -0.478 e. The molecular weight excluding hydrogens is 238 g/mol. The summed E-state index contributed by atoms with van der Waals surface area (Å²) < 4.78 is 0. The number of carboxylic acids is 1. The predicted octanol–water partition coefficient (Wildman–Crippen LogP) is 1.40. The Labute approximate surface area is 103 Å². The van der Waals surface area contributed by atoms with E-state index in [9.17, 15) is 15.0 Å². The fourth-order valence-electron chi connectivity index (χ4n) is 1.55. The van der Waals surface area contributed by atoms with Crippen LogP contribution < -0.4 is 0 Å². The van der Waals surface area contributed by atoms with E-state index < -0.39 is 18.2 Å². The quantitative estimate of drug-likeness (QED) is 0.415. The van der Waals surface area contributed by atoms with Gasteiger partial charge >= 0.3 is 5.97 Å². The first-order valence-corrected chi connectivity index (χ1v) is 5.18. The third kappa shape index (κ3) is 3.21. The van der Waals surface area contributed by atoms with Gasteiger partial charge in [0.1, 0.15) is 6.10 Å². The molecule has 1 aromatic rings. The zero-order valence-corrected chi connectivity index (χ0v) is 9.69. The van der Waals surface area contributed by atoms with E-state index in [0.29, 0.717) is 11.1 Å². The molecule has 3 N–H and O–H groups in total. The van der Waals surface area contributed by atoms with Crippen molar-refractivity contribution in [1.29, 1.82) is 0 Å². The number of azide groups is 1. The molecule has 0 saturated heterocycles. The maximum Gasteiger partial charge on any atom is 0.335 e. The Morgan fingerprint density at radius 1 is 1.50 bits per heavy atom. The van der Waals surface area contributed by atoms with Crippen LogP contribution in [0, 0.1) is 6.92 Å². The number of rotatable bonds is 5. The SMILES string of the molecule is Cc1cc(C(O)C(O)CN=[N+]=[N-])ccc1C(=O)O. The number of carboxylic acid groups (broad SMARTS) is 1. The molecule has 1 rings (SSSR count). The van der Waals surface area contributed by atoms with Crippen molar-refractivity contribution in [2.75, 3.05) is 6.54 Å². The van der Waals surface area contributed by atoms with Gasteiger partial charge in [-0.2, -0.15) is 0 Å². The Balaban J connectivity index is 2.93. The lowest BCUT2D eigenvalue weighted by Crippen LogP contribution is -2.21. The minimum atomic E-state index is -1.23. The molecule has 0 aliphatic rings. The van der Waals surface area contributed by atoms with Gasteiger partial charge in [0.2, 0.25) is 0 Å². The zero-order valence-electron chi connectivity index (χ0n) is 9.69. The summed E-state index contributed by atoms with van der Waals surface area (Å²) in [6.07, 6.45) is -2.45. The summed E-state index contributed by atoms with van der Waals surface area (Å²) in [5, 5.41) is 31.3. The Hall–Kier alpha value is -2.08. The molecule has 0 heterocycles. The molecular formula is C11H13N3O4. The van der Waals surface area contributed by atoms with Crippen LogP contribution in [0.15, 0.2) is 23.3 Å². The van der Waals surface area contributed by atoms with Gasteiger partial charge in [0.15, 0.2) is 0 Å². The topological polar surface area (TPSA) is 127 Å². The fourth-order valence-corrected chi connectivity index (χ4v) is 1.55. The van der Waals surface area contributed by atoms with E-state index in [1.54, 1.807) is 6.92 Å². The molecule has 2 unspecified atom stereocenters. The third-order valence-electron chi connectivity index (χ3n) is 2.52. The lowest BCUT2D eigenvalue weighted by Gasteiger charge is -2.17. The number of benzene rings is 1. The van der Waals surface area contributed by atoms with Crippen molar-refractivity contribution in [3.8, 4) is 0 Å². The van der Waals surface area contributed by atoms with Crippen LogP contribution in [0.2, 0.25) is 0 Å². The Bertz CT molecular complexity index is 497. The maximum atomic E-state index is 10.8. The van der Waals surface area contributed by atoms with Gasteiger partial charge in [0.25, 0.3) is 0 Å². The highest BCUT2D eigenvalue weighted by molar-refractivity contribution is 5.89. The molecule has 7 nitrogen and oxygen atoms in total. The summed E-state index contributed by atoms with van der Waals surface area (Å²) in [6, 6.07) is 4.25. The van der Waals surface area contributed by atoms with E-state index in [-0.39, 0.29) is 12.1 Å². The summed E-state index contributed by atoms with van der Waals surface area (Å²) in [7, 11) is 0. The number of aliphatic hydroxyl groups excluding tert-OH is 2. The lowest BCUT2D eigenvalue weighted by atomic mass is 9.99. The van der Waals surface area contributed by atoms with Gasteiger partial charge in [-0.1, -0.05) is 17.2 Å². The standard InChI is InChI=1S/C11H13N3O4/c1-6-4-7(2-3-8(6)11(17)18)10(16)9(15)5-13-14-12/h2-4,9-10,15-16H,5H2,1H3,(H,17,18). The average molecular weight is 251 g/mol. The normalized spacial score (nSPS) is 13.5. The summed E-state index contributed by atoms with van der Waals surface area (Å²) in [4.78, 5) is 13.3. The largest absolute Gasteiger partial charge is 0.478 e. The number of aryl methyl sites for hydroxylation is 1. The van der Waals surface area contributed by atoms with Crippen LogP contribution in [0.4, 0.5) is 0 Å². The second-order valence-electron chi connectivity index (χ2n) is 3.81. The van der Waals surface area contributed by atoms with Crippen molar-refractivity contribution in [3.63, 3.8) is 0 Å². The van der Waals surface area contributed by atoms with Crippen molar-refractivity contribution in [2.45, 2.75) is 19.1 Å². The van der Waals surface area contributed by atoms with Crippen LogP contribution in [0.5, 0.6) is 0 Å². The van der Waals surface area contributed by atoms with Gasteiger partial charge in [-0.15, -0.1) is 0 Å². The number of aliphatic hydroxyl groups is 2. The van der Waals surface area contributed by atoms with E-state index in [4.69, 9.17) is 10.6 Å². The van der Waals surface area contributed by atoms with E-state index in [2.05, 4.69) is 10.0 Å². The second-order valence-corrected chi connectivity index (χ2v) is 3.81. The van der Waals surface area contributed by atoms with Crippen LogP contribution in [0.3, 0.4) is 0 Å². The summed E-state index contributed by atoms with van der Waals surface area (Å²) >= 11 is 0. The molecule has 2 atom stereocenters. The molecule has 1 aromatic carbocycles. The highest BCUT2D eigenvalue weighted by atomic mass is 16.4. The van der Waals surface area contributed by atoms with Gasteiger partial charge in [-0.05, 0) is 29.6 Å². The molecule has 0 saturated carbocycles. The van der Waals surface area contributed by atoms with Crippen LogP contribution in [0.25, 0.3) is 10.4 Å². The summed E-state index contributed by atoms with van der Waals surface area (Å²) in [6.45, 7) is 1.34. The highest BCUT2D eigenvalue weighted by Gasteiger charge is 2.19. The van der Waals surface area contributed by atoms with Crippen LogP contribution >= 0.6 is 0 Å². The van der Waals surface area contributed by atoms with Gasteiger partial charge in [-0.3, -0.25) is 0 Å². The highest BCUT2D eigenvalue weighted by Crippen LogP contribution is 2.20. The third-order valence-corrected chi connectivity index (χ3v) is 2.52. The summed E-state index contributed by atoms with van der Waals surface area (Å²) in [5.74, 6) is -1.05. The van der Waals surface area contributed by atoms with Crippen molar-refractivity contribution in [1.82, 2.24) is 0 Å². The Kier molecular flexibility index (Phi) is 4.67.